The monoisotopic (exact) mass is 300 g/mol. The maximum atomic E-state index is 10.8. The van der Waals surface area contributed by atoms with Crippen LogP contribution in [0.4, 0.5) is 5.69 Å². The molecule has 0 atom stereocenters. The van der Waals surface area contributed by atoms with Crippen molar-refractivity contribution in [3.63, 3.8) is 0 Å². The number of non-ortho nitro benzene ring substituents is 1. The second-order valence-electron chi connectivity index (χ2n) is 4.82. The third-order valence-electron chi connectivity index (χ3n) is 3.46. The van der Waals surface area contributed by atoms with Crippen molar-refractivity contribution in [1.29, 1.82) is 0 Å². The van der Waals surface area contributed by atoms with Gasteiger partial charge in [-0.05, 0) is 31.5 Å². The van der Waals surface area contributed by atoms with E-state index >= 15 is 0 Å². The van der Waals surface area contributed by atoms with Crippen LogP contribution < -0.4 is 0 Å². The molecule has 1 heterocycles. The van der Waals surface area contributed by atoms with Gasteiger partial charge in [0, 0.05) is 18.7 Å². The van der Waals surface area contributed by atoms with Crippen molar-refractivity contribution in [1.82, 2.24) is 4.90 Å². The number of rotatable bonds is 4. The van der Waals surface area contributed by atoms with Gasteiger partial charge in [-0.1, -0.05) is 12.1 Å². The third kappa shape index (κ3) is 4.18. The second kappa shape index (κ2) is 7.21. The first-order valence-electron chi connectivity index (χ1n) is 6.25. The van der Waals surface area contributed by atoms with Crippen molar-refractivity contribution in [2.24, 2.45) is 5.92 Å². The summed E-state index contributed by atoms with van der Waals surface area (Å²) in [6.45, 7) is 2.08. The number of nitro groups is 1. The van der Waals surface area contributed by atoms with Gasteiger partial charge in [0.15, 0.2) is 0 Å². The summed E-state index contributed by atoms with van der Waals surface area (Å²) < 4.78 is 0. The average molecular weight is 301 g/mol. The summed E-state index contributed by atoms with van der Waals surface area (Å²) >= 11 is 0. The summed E-state index contributed by atoms with van der Waals surface area (Å²) in [7, 11) is 0. The van der Waals surface area contributed by atoms with Crippen LogP contribution in [0.25, 0.3) is 0 Å². The highest BCUT2D eigenvalue weighted by molar-refractivity contribution is 5.85. The number of nitrogens with zero attached hydrogens (tertiary/aromatic N) is 2. The highest BCUT2D eigenvalue weighted by Crippen LogP contribution is 2.20. The van der Waals surface area contributed by atoms with Crippen LogP contribution in [0.1, 0.15) is 18.4 Å². The van der Waals surface area contributed by atoms with Crippen LogP contribution >= 0.6 is 12.4 Å². The van der Waals surface area contributed by atoms with Crippen LogP contribution in [-0.2, 0) is 11.3 Å². The van der Waals surface area contributed by atoms with Crippen LogP contribution in [0.2, 0.25) is 0 Å². The van der Waals surface area contributed by atoms with E-state index in [0.717, 1.165) is 18.7 Å². The smallest absolute Gasteiger partial charge is 0.306 e. The summed E-state index contributed by atoms with van der Waals surface area (Å²) in [4.78, 5) is 23.3. The Hall–Kier alpha value is -1.66. The molecule has 0 unspecified atom stereocenters. The molecule has 0 spiro atoms. The van der Waals surface area contributed by atoms with Gasteiger partial charge in [0.1, 0.15) is 0 Å². The maximum Gasteiger partial charge on any atom is 0.306 e. The van der Waals surface area contributed by atoms with E-state index in [4.69, 9.17) is 5.11 Å². The molecule has 2 rings (SSSR count). The fourth-order valence-electron chi connectivity index (χ4n) is 2.36. The van der Waals surface area contributed by atoms with E-state index in [9.17, 15) is 14.9 Å². The van der Waals surface area contributed by atoms with Crippen molar-refractivity contribution in [3.8, 4) is 0 Å². The molecule has 0 aliphatic carbocycles. The zero-order chi connectivity index (χ0) is 13.8. The summed E-state index contributed by atoms with van der Waals surface area (Å²) in [6.07, 6.45) is 1.29. The van der Waals surface area contributed by atoms with Crippen molar-refractivity contribution in [2.75, 3.05) is 13.1 Å². The number of likely N-dealkylation sites (tertiary alicyclic amines) is 1. The molecule has 0 amide bonds. The van der Waals surface area contributed by atoms with Gasteiger partial charge in [-0.15, -0.1) is 12.4 Å². The molecule has 1 N–H and O–H groups in total. The van der Waals surface area contributed by atoms with Gasteiger partial charge in [0.05, 0.1) is 10.8 Å². The van der Waals surface area contributed by atoms with Crippen molar-refractivity contribution in [3.05, 3.63) is 39.9 Å². The number of halogens is 1. The minimum absolute atomic E-state index is 0. The zero-order valence-corrected chi connectivity index (χ0v) is 11.7. The second-order valence-corrected chi connectivity index (χ2v) is 4.82. The van der Waals surface area contributed by atoms with Crippen LogP contribution in [-0.4, -0.2) is 34.0 Å². The highest BCUT2D eigenvalue weighted by atomic mass is 35.5. The number of hydrogen-bond donors (Lipinski definition) is 1. The quantitative estimate of drug-likeness (QED) is 0.681. The molecule has 0 radical (unpaired) electrons. The summed E-state index contributed by atoms with van der Waals surface area (Å²) in [5.74, 6) is -0.976. The molecule has 1 aromatic rings. The van der Waals surface area contributed by atoms with Crippen molar-refractivity contribution >= 4 is 24.1 Å². The van der Waals surface area contributed by atoms with Crippen LogP contribution in [0.15, 0.2) is 24.3 Å². The molecule has 1 saturated heterocycles. The average Bonchev–Trinajstić information content (AvgIpc) is 2.39. The number of carbonyl (C=O) groups is 1. The number of nitro benzene ring substituents is 1. The number of benzene rings is 1. The van der Waals surface area contributed by atoms with Crippen molar-refractivity contribution in [2.45, 2.75) is 19.4 Å². The molecular weight excluding hydrogens is 284 g/mol. The van der Waals surface area contributed by atoms with Gasteiger partial charge < -0.3 is 5.11 Å². The first kappa shape index (κ1) is 16.4. The van der Waals surface area contributed by atoms with Gasteiger partial charge in [-0.3, -0.25) is 19.8 Å². The van der Waals surface area contributed by atoms with Gasteiger partial charge in [-0.25, -0.2) is 0 Å². The molecule has 110 valence electrons. The number of carboxylic acid groups (broad SMARTS) is 1. The number of hydrogen-bond acceptors (Lipinski definition) is 4. The summed E-state index contributed by atoms with van der Waals surface area (Å²) in [5.41, 5.74) is 0.987. The van der Waals surface area contributed by atoms with Crippen molar-refractivity contribution < 1.29 is 14.8 Å². The molecule has 20 heavy (non-hydrogen) atoms. The van der Waals surface area contributed by atoms with E-state index in [-0.39, 0.29) is 24.0 Å². The number of carboxylic acids is 1. The Labute approximate surface area is 123 Å². The predicted octanol–water partition coefficient (Wildman–Crippen LogP) is 2.31. The van der Waals surface area contributed by atoms with E-state index in [2.05, 4.69) is 4.90 Å². The summed E-state index contributed by atoms with van der Waals surface area (Å²) in [5, 5.41) is 19.6. The lowest BCUT2D eigenvalue weighted by Gasteiger charge is -2.29. The maximum absolute atomic E-state index is 10.8. The molecule has 1 fully saturated rings. The SMILES string of the molecule is Cl.O=C(O)C1CCN(Cc2cccc([N+](=O)[O-])c2)CC1. The highest BCUT2D eigenvalue weighted by Gasteiger charge is 2.24. The number of piperidine rings is 1. The van der Waals surface area contributed by atoms with E-state index in [0.29, 0.717) is 19.4 Å². The standard InChI is InChI=1S/C13H16N2O4.ClH/c16-13(17)11-4-6-14(7-5-11)9-10-2-1-3-12(8-10)15(18)19;/h1-3,8,11H,4-7,9H2,(H,16,17);1H. The molecule has 1 aliphatic rings. The molecule has 7 heteroatoms. The minimum atomic E-state index is -0.727. The van der Waals surface area contributed by atoms with E-state index in [1.165, 1.54) is 6.07 Å². The van der Waals surface area contributed by atoms with E-state index in [1.807, 2.05) is 6.07 Å². The Morgan fingerprint density at radius 1 is 1.40 bits per heavy atom. The van der Waals surface area contributed by atoms with Gasteiger partial charge in [0.25, 0.3) is 5.69 Å². The molecule has 1 aliphatic heterocycles. The fourth-order valence-corrected chi connectivity index (χ4v) is 2.36. The molecule has 1 aromatic carbocycles. The molecule has 6 nitrogen and oxygen atoms in total. The Morgan fingerprint density at radius 3 is 2.60 bits per heavy atom. The van der Waals surface area contributed by atoms with Crippen LogP contribution in [0.5, 0.6) is 0 Å². The topological polar surface area (TPSA) is 83.7 Å². The third-order valence-corrected chi connectivity index (χ3v) is 3.46. The lowest BCUT2D eigenvalue weighted by Crippen LogP contribution is -2.35. The first-order valence-corrected chi connectivity index (χ1v) is 6.25. The first-order chi connectivity index (χ1) is 9.06. The molecular formula is C13H17ClN2O4. The largest absolute Gasteiger partial charge is 0.481 e. The Morgan fingerprint density at radius 2 is 2.05 bits per heavy atom. The van der Waals surface area contributed by atoms with E-state index in [1.54, 1.807) is 12.1 Å². The van der Waals surface area contributed by atoms with Gasteiger partial charge in [0.2, 0.25) is 0 Å². The molecule has 0 bridgehead atoms. The zero-order valence-electron chi connectivity index (χ0n) is 10.9. The number of aliphatic carboxylic acids is 1. The lowest BCUT2D eigenvalue weighted by atomic mass is 9.97. The Bertz CT molecular complexity index is 487. The Kier molecular flexibility index (Phi) is 5.91. The normalized spacial score (nSPS) is 16.4. The molecule has 0 saturated carbocycles. The van der Waals surface area contributed by atoms with Crippen LogP contribution in [0.3, 0.4) is 0 Å². The fraction of sp³-hybridized carbons (Fsp3) is 0.462. The van der Waals surface area contributed by atoms with Crippen LogP contribution in [0, 0.1) is 16.0 Å². The van der Waals surface area contributed by atoms with E-state index < -0.39 is 10.9 Å². The lowest BCUT2D eigenvalue weighted by molar-refractivity contribution is -0.384. The predicted molar refractivity (Wildman–Crippen MR) is 76.0 cm³/mol. The Balaban J connectivity index is 0.00000200. The van der Waals surface area contributed by atoms with Gasteiger partial charge in [-0.2, -0.15) is 0 Å². The van der Waals surface area contributed by atoms with Gasteiger partial charge >= 0.3 is 5.97 Å². The summed E-state index contributed by atoms with van der Waals surface area (Å²) in [6, 6.07) is 6.58. The molecule has 0 aromatic heterocycles. The minimum Gasteiger partial charge on any atom is -0.481 e.